The summed E-state index contributed by atoms with van der Waals surface area (Å²) in [6.07, 6.45) is 1.10. The van der Waals surface area contributed by atoms with Crippen molar-refractivity contribution in [2.24, 2.45) is 5.41 Å². The highest BCUT2D eigenvalue weighted by atomic mass is 16.4. The molecule has 0 aromatic carbocycles. The Morgan fingerprint density at radius 3 is 2.76 bits per heavy atom. The maximum Gasteiger partial charge on any atom is 0.311 e. The number of H-pyrrole nitrogens is 1. The number of carboxylic acid groups (broad SMARTS) is 1. The molecule has 0 spiro atoms. The Bertz CT molecular complexity index is 677. The summed E-state index contributed by atoms with van der Waals surface area (Å²) in [6.45, 7) is 1.86. The molecule has 0 bridgehead atoms. The highest BCUT2D eigenvalue weighted by Gasteiger charge is 2.39. The first-order valence-corrected chi connectivity index (χ1v) is 6.63. The number of rotatable bonds is 3. The van der Waals surface area contributed by atoms with Gasteiger partial charge in [-0.3, -0.25) is 24.3 Å². The van der Waals surface area contributed by atoms with E-state index in [9.17, 15) is 24.3 Å². The summed E-state index contributed by atoms with van der Waals surface area (Å²) in [5.41, 5.74) is -1.93. The van der Waals surface area contributed by atoms with E-state index in [2.05, 4.69) is 5.10 Å². The number of aromatic amines is 1. The van der Waals surface area contributed by atoms with Crippen LogP contribution >= 0.6 is 0 Å². The van der Waals surface area contributed by atoms with Gasteiger partial charge >= 0.3 is 5.97 Å². The average Bonchev–Trinajstić information content (AvgIpc) is 2.42. The van der Waals surface area contributed by atoms with Crippen molar-refractivity contribution in [3.8, 4) is 0 Å². The first-order valence-electron chi connectivity index (χ1n) is 6.63. The maximum atomic E-state index is 12.2. The third-order valence-corrected chi connectivity index (χ3v) is 3.75. The summed E-state index contributed by atoms with van der Waals surface area (Å²) < 4.78 is 0.928. The van der Waals surface area contributed by atoms with E-state index >= 15 is 0 Å². The zero-order valence-electron chi connectivity index (χ0n) is 11.7. The fourth-order valence-electron chi connectivity index (χ4n) is 2.44. The van der Waals surface area contributed by atoms with Gasteiger partial charge in [-0.25, -0.2) is 4.68 Å². The van der Waals surface area contributed by atoms with Gasteiger partial charge in [0.25, 0.3) is 11.1 Å². The van der Waals surface area contributed by atoms with E-state index in [0.29, 0.717) is 19.4 Å². The molecular weight excluding hydrogens is 278 g/mol. The normalized spacial score (nSPS) is 22.0. The van der Waals surface area contributed by atoms with Crippen molar-refractivity contribution in [1.82, 2.24) is 14.7 Å². The van der Waals surface area contributed by atoms with Crippen molar-refractivity contribution >= 4 is 11.9 Å². The molecule has 1 saturated heterocycles. The monoisotopic (exact) mass is 295 g/mol. The molecule has 1 amide bonds. The Balaban J connectivity index is 2.13. The van der Waals surface area contributed by atoms with E-state index in [1.165, 1.54) is 4.90 Å². The Labute approximate surface area is 120 Å². The molecule has 1 unspecified atom stereocenters. The molecule has 0 saturated carbocycles. The Morgan fingerprint density at radius 1 is 1.38 bits per heavy atom. The number of carbonyl (C=O) groups is 2. The number of piperidine rings is 1. The van der Waals surface area contributed by atoms with Crippen molar-refractivity contribution in [2.45, 2.75) is 26.3 Å². The second-order valence-electron chi connectivity index (χ2n) is 5.52. The minimum Gasteiger partial charge on any atom is -0.481 e. The molecule has 8 heteroatoms. The zero-order valence-corrected chi connectivity index (χ0v) is 11.7. The van der Waals surface area contributed by atoms with Gasteiger partial charge in [0, 0.05) is 25.2 Å². The molecule has 2 heterocycles. The lowest BCUT2D eigenvalue weighted by Gasteiger charge is -2.37. The molecule has 0 aliphatic carbocycles. The van der Waals surface area contributed by atoms with E-state index in [-0.39, 0.29) is 19.0 Å². The molecule has 1 fully saturated rings. The molecule has 1 aliphatic heterocycles. The van der Waals surface area contributed by atoms with Crippen LogP contribution in [0.25, 0.3) is 0 Å². The third kappa shape index (κ3) is 3.21. The molecule has 1 aliphatic rings. The van der Waals surface area contributed by atoms with Gasteiger partial charge in [-0.1, -0.05) is 0 Å². The Kier molecular flexibility index (Phi) is 3.97. The van der Waals surface area contributed by atoms with E-state index in [1.54, 1.807) is 6.92 Å². The van der Waals surface area contributed by atoms with E-state index in [0.717, 1.165) is 16.8 Å². The number of aliphatic carboxylic acids is 1. The molecule has 8 nitrogen and oxygen atoms in total. The van der Waals surface area contributed by atoms with Gasteiger partial charge in [0.2, 0.25) is 5.91 Å². The van der Waals surface area contributed by atoms with Gasteiger partial charge in [0.15, 0.2) is 0 Å². The predicted octanol–water partition coefficient (Wildman–Crippen LogP) is -0.750. The fraction of sp³-hybridized carbons (Fsp3) is 0.538. The lowest BCUT2D eigenvalue weighted by molar-refractivity contribution is -0.153. The van der Waals surface area contributed by atoms with Crippen LogP contribution in [-0.4, -0.2) is 44.8 Å². The number of amides is 1. The molecule has 114 valence electrons. The first kappa shape index (κ1) is 15.0. The van der Waals surface area contributed by atoms with Crippen LogP contribution in [0.4, 0.5) is 0 Å². The Morgan fingerprint density at radius 2 is 2.10 bits per heavy atom. The van der Waals surface area contributed by atoms with Gasteiger partial charge in [0.1, 0.15) is 6.54 Å². The SMILES string of the molecule is CC1(C(=O)O)CCCN(C(=O)Cn2[nH]c(=O)ccc2=O)C1. The van der Waals surface area contributed by atoms with Crippen LogP contribution in [0.1, 0.15) is 19.8 Å². The minimum atomic E-state index is -0.969. The third-order valence-electron chi connectivity index (χ3n) is 3.75. The molecular formula is C13H17N3O5. The van der Waals surface area contributed by atoms with Crippen LogP contribution in [0.5, 0.6) is 0 Å². The van der Waals surface area contributed by atoms with Crippen molar-refractivity contribution in [3.63, 3.8) is 0 Å². The van der Waals surface area contributed by atoms with Gasteiger partial charge in [-0.15, -0.1) is 0 Å². The standard InChI is InChI=1S/C13H17N3O5/c1-13(12(20)21)5-2-6-15(8-13)11(19)7-16-10(18)4-3-9(17)14-16/h3-4H,2,5-8H2,1H3,(H,14,17)(H,20,21). The second-order valence-corrected chi connectivity index (χ2v) is 5.52. The maximum absolute atomic E-state index is 12.2. The van der Waals surface area contributed by atoms with Gasteiger partial charge in [0.05, 0.1) is 5.41 Å². The number of carboxylic acids is 1. The topological polar surface area (TPSA) is 112 Å². The molecule has 0 radical (unpaired) electrons. The van der Waals surface area contributed by atoms with E-state index in [1.807, 2.05) is 0 Å². The largest absolute Gasteiger partial charge is 0.481 e. The average molecular weight is 295 g/mol. The summed E-state index contributed by atoms with van der Waals surface area (Å²) >= 11 is 0. The molecule has 2 N–H and O–H groups in total. The van der Waals surface area contributed by atoms with Crippen LogP contribution in [0.3, 0.4) is 0 Å². The molecule has 2 rings (SSSR count). The second kappa shape index (κ2) is 5.55. The number of hydrogen-bond acceptors (Lipinski definition) is 4. The Hall–Kier alpha value is -2.38. The first-order chi connectivity index (χ1) is 9.82. The van der Waals surface area contributed by atoms with E-state index < -0.39 is 22.5 Å². The highest BCUT2D eigenvalue weighted by Crippen LogP contribution is 2.29. The van der Waals surface area contributed by atoms with Crippen molar-refractivity contribution in [3.05, 3.63) is 32.8 Å². The summed E-state index contributed by atoms with van der Waals surface area (Å²) in [7, 11) is 0. The van der Waals surface area contributed by atoms with Gasteiger partial charge in [-0.2, -0.15) is 0 Å². The number of nitrogens with one attached hydrogen (secondary N) is 1. The van der Waals surface area contributed by atoms with Crippen molar-refractivity contribution in [2.75, 3.05) is 13.1 Å². The number of hydrogen-bond donors (Lipinski definition) is 2. The van der Waals surface area contributed by atoms with E-state index in [4.69, 9.17) is 0 Å². The summed E-state index contributed by atoms with van der Waals surface area (Å²) in [6, 6.07) is 2.18. The van der Waals surface area contributed by atoms with Gasteiger partial charge < -0.3 is 10.0 Å². The molecule has 21 heavy (non-hydrogen) atoms. The van der Waals surface area contributed by atoms with Crippen LogP contribution in [0, 0.1) is 5.41 Å². The fourth-order valence-corrected chi connectivity index (χ4v) is 2.44. The van der Waals surface area contributed by atoms with Crippen LogP contribution < -0.4 is 11.1 Å². The van der Waals surface area contributed by atoms with Gasteiger partial charge in [-0.05, 0) is 19.8 Å². The number of nitrogens with zero attached hydrogens (tertiary/aromatic N) is 2. The lowest BCUT2D eigenvalue weighted by atomic mass is 9.82. The predicted molar refractivity (Wildman–Crippen MR) is 72.9 cm³/mol. The van der Waals surface area contributed by atoms with Crippen LogP contribution in [0.15, 0.2) is 21.7 Å². The zero-order chi connectivity index (χ0) is 15.6. The summed E-state index contributed by atoms with van der Waals surface area (Å²) in [5.74, 6) is -1.32. The number of aromatic nitrogens is 2. The summed E-state index contributed by atoms with van der Waals surface area (Å²) in [5, 5.41) is 11.5. The number of likely N-dealkylation sites (tertiary alicyclic amines) is 1. The lowest BCUT2D eigenvalue weighted by Crippen LogP contribution is -2.50. The van der Waals surface area contributed by atoms with Crippen molar-refractivity contribution in [1.29, 1.82) is 0 Å². The summed E-state index contributed by atoms with van der Waals surface area (Å²) in [4.78, 5) is 47.6. The smallest absolute Gasteiger partial charge is 0.311 e. The van der Waals surface area contributed by atoms with Crippen molar-refractivity contribution < 1.29 is 14.7 Å². The minimum absolute atomic E-state index is 0.104. The molecule has 1 aromatic heterocycles. The number of carbonyl (C=O) groups excluding carboxylic acids is 1. The molecule has 1 aromatic rings. The quantitative estimate of drug-likeness (QED) is 0.762. The van der Waals surface area contributed by atoms with Crippen LogP contribution in [-0.2, 0) is 16.1 Å². The highest BCUT2D eigenvalue weighted by molar-refractivity contribution is 5.79. The van der Waals surface area contributed by atoms with Crippen LogP contribution in [0.2, 0.25) is 0 Å². The molecule has 1 atom stereocenters.